The average Bonchev–Trinajstić information content (AvgIpc) is 3.18. The second kappa shape index (κ2) is 7.14. The molecule has 4 nitrogen and oxygen atoms in total. The molecule has 114 valence electrons. The minimum absolute atomic E-state index is 0.191. The standard InChI is InChI=1S/C15H26N2O2S/c18-15(12-3-1-6-16-9-12)17(13-5-8-20-11-13)10-14-4-2-7-19-14/h12-14,16H,1-11H2/t12-,13?,14?/m0/s1. The minimum Gasteiger partial charge on any atom is -0.376 e. The summed E-state index contributed by atoms with van der Waals surface area (Å²) in [5.74, 6) is 2.87. The van der Waals surface area contributed by atoms with Crippen LogP contribution in [0.5, 0.6) is 0 Å². The van der Waals surface area contributed by atoms with Gasteiger partial charge < -0.3 is 15.0 Å². The summed E-state index contributed by atoms with van der Waals surface area (Å²) in [7, 11) is 0. The Bertz CT molecular complexity index is 322. The zero-order valence-corrected chi connectivity index (χ0v) is 13.0. The summed E-state index contributed by atoms with van der Waals surface area (Å²) in [4.78, 5) is 15.1. The van der Waals surface area contributed by atoms with Crippen molar-refractivity contribution in [1.29, 1.82) is 0 Å². The van der Waals surface area contributed by atoms with Gasteiger partial charge in [-0.25, -0.2) is 0 Å². The maximum absolute atomic E-state index is 12.9. The number of nitrogens with one attached hydrogen (secondary N) is 1. The smallest absolute Gasteiger partial charge is 0.227 e. The largest absolute Gasteiger partial charge is 0.376 e. The number of amides is 1. The average molecular weight is 298 g/mol. The molecule has 0 bridgehead atoms. The number of nitrogens with zero attached hydrogens (tertiary/aromatic N) is 1. The molecule has 3 heterocycles. The molecule has 3 atom stereocenters. The van der Waals surface area contributed by atoms with Crippen molar-refractivity contribution in [2.45, 2.75) is 44.2 Å². The molecule has 0 aromatic heterocycles. The van der Waals surface area contributed by atoms with E-state index in [2.05, 4.69) is 10.2 Å². The number of rotatable bonds is 4. The van der Waals surface area contributed by atoms with Crippen molar-refractivity contribution in [1.82, 2.24) is 10.2 Å². The van der Waals surface area contributed by atoms with Crippen LogP contribution in [0, 0.1) is 5.92 Å². The first-order chi connectivity index (χ1) is 9.84. The number of thioether (sulfide) groups is 1. The van der Waals surface area contributed by atoms with Crippen molar-refractivity contribution in [3.63, 3.8) is 0 Å². The first kappa shape index (κ1) is 14.7. The molecule has 0 aromatic rings. The number of hydrogen-bond acceptors (Lipinski definition) is 4. The monoisotopic (exact) mass is 298 g/mol. The van der Waals surface area contributed by atoms with E-state index in [1.165, 1.54) is 5.75 Å². The van der Waals surface area contributed by atoms with Gasteiger partial charge in [0.15, 0.2) is 0 Å². The third-order valence-corrected chi connectivity index (χ3v) is 5.84. The lowest BCUT2D eigenvalue weighted by molar-refractivity contribution is -0.139. The number of hydrogen-bond donors (Lipinski definition) is 1. The summed E-state index contributed by atoms with van der Waals surface area (Å²) >= 11 is 1.98. The molecule has 2 unspecified atom stereocenters. The molecule has 3 aliphatic heterocycles. The lowest BCUT2D eigenvalue weighted by Gasteiger charge is -2.35. The van der Waals surface area contributed by atoms with Gasteiger partial charge in [-0.05, 0) is 44.4 Å². The maximum Gasteiger partial charge on any atom is 0.227 e. The molecular weight excluding hydrogens is 272 g/mol. The topological polar surface area (TPSA) is 41.6 Å². The third kappa shape index (κ3) is 3.49. The van der Waals surface area contributed by atoms with Crippen LogP contribution in [0.4, 0.5) is 0 Å². The first-order valence-corrected chi connectivity index (χ1v) is 9.20. The molecule has 0 spiro atoms. The van der Waals surface area contributed by atoms with Crippen LogP contribution in [0.2, 0.25) is 0 Å². The number of piperidine rings is 1. The molecule has 3 rings (SSSR count). The summed E-state index contributed by atoms with van der Waals surface area (Å²) in [6, 6.07) is 0.443. The zero-order chi connectivity index (χ0) is 13.8. The van der Waals surface area contributed by atoms with E-state index < -0.39 is 0 Å². The third-order valence-electron chi connectivity index (χ3n) is 4.70. The molecule has 1 amide bonds. The van der Waals surface area contributed by atoms with E-state index in [9.17, 15) is 4.79 Å². The van der Waals surface area contributed by atoms with Crippen molar-refractivity contribution >= 4 is 17.7 Å². The van der Waals surface area contributed by atoms with Crippen molar-refractivity contribution < 1.29 is 9.53 Å². The highest BCUT2D eigenvalue weighted by Gasteiger charge is 2.34. The van der Waals surface area contributed by atoms with Gasteiger partial charge >= 0.3 is 0 Å². The summed E-state index contributed by atoms with van der Waals surface area (Å²) < 4.78 is 5.76. The van der Waals surface area contributed by atoms with Gasteiger partial charge in [0.05, 0.1) is 12.0 Å². The SMILES string of the molecule is O=C([C@H]1CCCNC1)N(CC1CCCO1)C1CCSC1. The first-order valence-electron chi connectivity index (χ1n) is 8.05. The van der Waals surface area contributed by atoms with Crippen molar-refractivity contribution in [2.75, 3.05) is 37.7 Å². The Morgan fingerprint density at radius 2 is 2.25 bits per heavy atom. The second-order valence-electron chi connectivity index (χ2n) is 6.19. The van der Waals surface area contributed by atoms with Crippen molar-refractivity contribution in [2.24, 2.45) is 5.92 Å². The molecule has 5 heteroatoms. The van der Waals surface area contributed by atoms with Crippen LogP contribution in [-0.2, 0) is 9.53 Å². The minimum atomic E-state index is 0.191. The van der Waals surface area contributed by atoms with Gasteiger partial charge in [-0.2, -0.15) is 11.8 Å². The van der Waals surface area contributed by atoms with Gasteiger partial charge in [0.1, 0.15) is 0 Å². The quantitative estimate of drug-likeness (QED) is 0.854. The van der Waals surface area contributed by atoms with Gasteiger partial charge in [0.2, 0.25) is 5.91 Å². The Balaban J connectivity index is 1.64. The maximum atomic E-state index is 12.9. The highest BCUT2D eigenvalue weighted by atomic mass is 32.2. The Morgan fingerprint density at radius 3 is 2.90 bits per heavy atom. The predicted molar refractivity (Wildman–Crippen MR) is 82.0 cm³/mol. The van der Waals surface area contributed by atoms with E-state index in [1.807, 2.05) is 11.8 Å². The Kier molecular flexibility index (Phi) is 5.24. The Hall–Kier alpha value is -0.260. The van der Waals surface area contributed by atoms with Crippen LogP contribution in [0.15, 0.2) is 0 Å². The highest BCUT2D eigenvalue weighted by Crippen LogP contribution is 2.27. The number of carbonyl (C=O) groups excluding carboxylic acids is 1. The molecule has 3 fully saturated rings. The van der Waals surface area contributed by atoms with Crippen molar-refractivity contribution in [3.05, 3.63) is 0 Å². The Labute approximate surface area is 126 Å². The van der Waals surface area contributed by atoms with Gasteiger partial charge in [-0.3, -0.25) is 4.79 Å². The summed E-state index contributed by atoms with van der Waals surface area (Å²) in [5, 5.41) is 3.37. The van der Waals surface area contributed by atoms with E-state index >= 15 is 0 Å². The summed E-state index contributed by atoms with van der Waals surface area (Å²) in [6.45, 7) is 3.62. The van der Waals surface area contributed by atoms with Crippen molar-refractivity contribution in [3.8, 4) is 0 Å². The fourth-order valence-corrected chi connectivity index (χ4v) is 4.72. The van der Waals surface area contributed by atoms with Crippen LogP contribution in [0.3, 0.4) is 0 Å². The molecule has 20 heavy (non-hydrogen) atoms. The molecule has 3 saturated heterocycles. The predicted octanol–water partition coefficient (Wildman–Crippen LogP) is 1.50. The highest BCUT2D eigenvalue weighted by molar-refractivity contribution is 7.99. The summed E-state index contributed by atoms with van der Waals surface area (Å²) in [6.07, 6.45) is 5.88. The molecule has 0 aromatic carbocycles. The lowest BCUT2D eigenvalue weighted by Crippen LogP contribution is -2.50. The van der Waals surface area contributed by atoms with E-state index in [1.54, 1.807) is 0 Å². The van der Waals surface area contributed by atoms with Gasteiger partial charge in [-0.15, -0.1) is 0 Å². The van der Waals surface area contributed by atoms with Crippen LogP contribution in [0.25, 0.3) is 0 Å². The molecule has 0 aliphatic carbocycles. The number of carbonyl (C=O) groups is 1. The second-order valence-corrected chi connectivity index (χ2v) is 7.34. The van der Waals surface area contributed by atoms with Gasteiger partial charge in [0.25, 0.3) is 0 Å². The Morgan fingerprint density at radius 1 is 1.30 bits per heavy atom. The summed E-state index contributed by atoms with van der Waals surface area (Å²) in [5.41, 5.74) is 0. The van der Waals surface area contributed by atoms with E-state index in [4.69, 9.17) is 4.74 Å². The van der Waals surface area contributed by atoms with Crippen LogP contribution >= 0.6 is 11.8 Å². The molecule has 3 aliphatic rings. The van der Waals surface area contributed by atoms with Crippen LogP contribution in [-0.4, -0.2) is 60.7 Å². The molecule has 0 radical (unpaired) electrons. The fourth-order valence-electron chi connectivity index (χ4n) is 3.49. The van der Waals surface area contributed by atoms with Crippen LogP contribution < -0.4 is 5.32 Å². The molecular formula is C15H26N2O2S. The molecule has 0 saturated carbocycles. The van der Waals surface area contributed by atoms with Gasteiger partial charge in [-0.1, -0.05) is 0 Å². The van der Waals surface area contributed by atoms with Crippen LogP contribution in [0.1, 0.15) is 32.1 Å². The fraction of sp³-hybridized carbons (Fsp3) is 0.933. The lowest BCUT2D eigenvalue weighted by atomic mass is 9.97. The molecule has 1 N–H and O–H groups in total. The van der Waals surface area contributed by atoms with E-state index in [-0.39, 0.29) is 12.0 Å². The van der Waals surface area contributed by atoms with E-state index in [0.717, 1.165) is 64.1 Å². The van der Waals surface area contributed by atoms with Gasteiger partial charge in [0, 0.05) is 31.5 Å². The normalized spacial score (nSPS) is 34.3. The number of ether oxygens (including phenoxy) is 1. The van der Waals surface area contributed by atoms with E-state index in [0.29, 0.717) is 11.9 Å². The zero-order valence-electron chi connectivity index (χ0n) is 12.2.